The number of ether oxygens (including phenoxy) is 5. The van der Waals surface area contributed by atoms with E-state index in [1.165, 1.54) is 5.56 Å². The minimum atomic E-state index is -0.206. The first-order valence-corrected chi connectivity index (χ1v) is 15.0. The van der Waals surface area contributed by atoms with E-state index in [0.717, 1.165) is 76.3 Å². The molecule has 0 aromatic heterocycles. The summed E-state index contributed by atoms with van der Waals surface area (Å²) in [6, 6.07) is 6.32. The number of hydrogen-bond acceptors (Lipinski definition) is 6. The van der Waals surface area contributed by atoms with Gasteiger partial charge in [0.2, 0.25) is 0 Å². The Labute approximate surface area is 234 Å². The van der Waals surface area contributed by atoms with E-state index < -0.39 is 0 Å². The van der Waals surface area contributed by atoms with E-state index in [9.17, 15) is 0 Å². The van der Waals surface area contributed by atoms with Crippen molar-refractivity contribution in [3.63, 3.8) is 0 Å². The van der Waals surface area contributed by atoms with Crippen LogP contribution < -0.4 is 9.64 Å². The van der Waals surface area contributed by atoms with Crippen molar-refractivity contribution in [3.8, 4) is 5.75 Å². The summed E-state index contributed by atoms with van der Waals surface area (Å²) in [4.78, 5) is 2.34. The summed E-state index contributed by atoms with van der Waals surface area (Å²) in [5, 5.41) is 0. The number of aryl methyl sites for hydroxylation is 1. The first-order valence-electron chi connectivity index (χ1n) is 15.0. The van der Waals surface area contributed by atoms with Gasteiger partial charge in [-0.3, -0.25) is 0 Å². The molecule has 0 aliphatic heterocycles. The normalized spacial score (nSPS) is 16.5. The van der Waals surface area contributed by atoms with Gasteiger partial charge in [0.15, 0.2) is 0 Å². The lowest BCUT2D eigenvalue weighted by Gasteiger charge is -2.34. The zero-order valence-electron chi connectivity index (χ0n) is 26.4. The highest BCUT2D eigenvalue weighted by Gasteiger charge is 2.25. The van der Waals surface area contributed by atoms with Crippen molar-refractivity contribution in [2.75, 3.05) is 51.5 Å². The average Bonchev–Trinajstić information content (AvgIpc) is 2.91. The number of rotatable bonds is 22. The Morgan fingerprint density at radius 1 is 0.763 bits per heavy atom. The standard InChI is InChI=1S/C32H59NO5/c1-11-27(6)35-21-17-31(8,13-3)37-23-19-33(29-25-26(5)15-16-30(29)34-10)20-24-38-32(9,14-4)18-22-36-28(7)12-2/h15-16,25,27-28H,11-14,17-24H2,1-10H3. The van der Waals surface area contributed by atoms with Gasteiger partial charge in [-0.2, -0.15) is 0 Å². The summed E-state index contributed by atoms with van der Waals surface area (Å²) in [6.07, 6.45) is 6.30. The third-order valence-corrected chi connectivity index (χ3v) is 8.01. The number of methoxy groups -OCH3 is 1. The van der Waals surface area contributed by atoms with Gasteiger partial charge in [0.1, 0.15) is 5.75 Å². The largest absolute Gasteiger partial charge is 0.495 e. The van der Waals surface area contributed by atoms with Crippen LogP contribution in [0.25, 0.3) is 0 Å². The summed E-state index contributed by atoms with van der Waals surface area (Å²) < 4.78 is 30.6. The highest BCUT2D eigenvalue weighted by molar-refractivity contribution is 5.60. The fourth-order valence-corrected chi connectivity index (χ4v) is 4.09. The maximum atomic E-state index is 6.48. The van der Waals surface area contributed by atoms with Crippen LogP contribution in [0.15, 0.2) is 18.2 Å². The van der Waals surface area contributed by atoms with E-state index >= 15 is 0 Å². The molecule has 0 amide bonds. The van der Waals surface area contributed by atoms with Gasteiger partial charge in [0, 0.05) is 26.3 Å². The van der Waals surface area contributed by atoms with Crippen LogP contribution in [0.1, 0.15) is 99.5 Å². The lowest BCUT2D eigenvalue weighted by atomic mass is 9.99. The molecule has 1 aromatic carbocycles. The molecular weight excluding hydrogens is 478 g/mol. The van der Waals surface area contributed by atoms with E-state index in [-0.39, 0.29) is 23.4 Å². The van der Waals surface area contributed by atoms with Crippen LogP contribution in [-0.4, -0.2) is 70.0 Å². The molecule has 0 saturated heterocycles. The van der Waals surface area contributed by atoms with Crippen LogP contribution >= 0.6 is 0 Å². The van der Waals surface area contributed by atoms with Crippen LogP contribution in [0.5, 0.6) is 5.75 Å². The summed E-state index contributed by atoms with van der Waals surface area (Å²) in [7, 11) is 1.73. The quantitative estimate of drug-likeness (QED) is 0.152. The predicted octanol–water partition coefficient (Wildman–Crippen LogP) is 7.59. The van der Waals surface area contributed by atoms with E-state index in [0.29, 0.717) is 13.2 Å². The molecule has 6 heteroatoms. The predicted molar refractivity (Wildman–Crippen MR) is 160 cm³/mol. The first kappa shape index (κ1) is 34.7. The number of benzene rings is 1. The topological polar surface area (TPSA) is 49.4 Å². The molecule has 38 heavy (non-hydrogen) atoms. The molecule has 0 bridgehead atoms. The summed E-state index contributed by atoms with van der Waals surface area (Å²) in [5.74, 6) is 0.871. The highest BCUT2D eigenvalue weighted by atomic mass is 16.5. The molecular formula is C32H59NO5. The summed E-state index contributed by atoms with van der Waals surface area (Å²) in [5.41, 5.74) is 1.87. The Kier molecular flexibility index (Phi) is 16.5. The second-order valence-electron chi connectivity index (χ2n) is 11.1. The zero-order chi connectivity index (χ0) is 28.6. The van der Waals surface area contributed by atoms with Crippen LogP contribution in [0.2, 0.25) is 0 Å². The molecule has 0 aliphatic carbocycles. The van der Waals surface area contributed by atoms with Crippen LogP contribution in [-0.2, 0) is 18.9 Å². The van der Waals surface area contributed by atoms with Crippen LogP contribution in [0.4, 0.5) is 5.69 Å². The Balaban J connectivity index is 2.85. The fraction of sp³-hybridized carbons (Fsp3) is 0.812. The lowest BCUT2D eigenvalue weighted by Crippen LogP contribution is -2.38. The van der Waals surface area contributed by atoms with Crippen molar-refractivity contribution in [3.05, 3.63) is 23.8 Å². The number of nitrogens with zero attached hydrogens (tertiary/aromatic N) is 1. The Hall–Kier alpha value is -1.34. The van der Waals surface area contributed by atoms with Crippen molar-refractivity contribution in [2.24, 2.45) is 0 Å². The van der Waals surface area contributed by atoms with Crippen LogP contribution in [0.3, 0.4) is 0 Å². The Bertz CT molecular complexity index is 723. The maximum absolute atomic E-state index is 6.48. The van der Waals surface area contributed by atoms with Gasteiger partial charge in [-0.25, -0.2) is 0 Å². The van der Waals surface area contributed by atoms with Gasteiger partial charge in [0.05, 0.1) is 49.4 Å². The number of hydrogen-bond donors (Lipinski definition) is 0. The summed E-state index contributed by atoms with van der Waals surface area (Å²) in [6.45, 7) is 23.6. The van der Waals surface area contributed by atoms with Crippen molar-refractivity contribution >= 4 is 5.69 Å². The van der Waals surface area contributed by atoms with Crippen molar-refractivity contribution < 1.29 is 23.7 Å². The van der Waals surface area contributed by atoms with E-state index in [1.54, 1.807) is 7.11 Å². The number of anilines is 1. The van der Waals surface area contributed by atoms with Gasteiger partial charge < -0.3 is 28.6 Å². The lowest BCUT2D eigenvalue weighted by molar-refractivity contribution is -0.0644. The molecule has 4 atom stereocenters. The Morgan fingerprint density at radius 3 is 1.63 bits per heavy atom. The molecule has 4 unspecified atom stereocenters. The van der Waals surface area contributed by atoms with Crippen molar-refractivity contribution in [1.82, 2.24) is 0 Å². The molecule has 0 spiro atoms. The molecule has 1 rings (SSSR count). The van der Waals surface area contributed by atoms with Gasteiger partial charge in [-0.15, -0.1) is 0 Å². The minimum Gasteiger partial charge on any atom is -0.495 e. The van der Waals surface area contributed by atoms with Gasteiger partial charge in [0.25, 0.3) is 0 Å². The second-order valence-corrected chi connectivity index (χ2v) is 11.1. The second kappa shape index (κ2) is 18.1. The Morgan fingerprint density at radius 2 is 1.24 bits per heavy atom. The SMILES string of the molecule is CCC(C)OCCC(C)(CC)OCCN(CCOC(C)(CC)CCOC(C)CC)c1cc(C)ccc1OC. The minimum absolute atomic E-state index is 0.206. The van der Waals surface area contributed by atoms with Gasteiger partial charge in [-0.05, 0) is 90.8 Å². The fourth-order valence-electron chi connectivity index (χ4n) is 4.09. The third-order valence-electron chi connectivity index (χ3n) is 8.01. The zero-order valence-corrected chi connectivity index (χ0v) is 26.4. The molecule has 0 N–H and O–H groups in total. The molecule has 222 valence electrons. The first-order chi connectivity index (χ1) is 18.0. The molecule has 6 nitrogen and oxygen atoms in total. The summed E-state index contributed by atoms with van der Waals surface area (Å²) >= 11 is 0. The van der Waals surface area contributed by atoms with Crippen LogP contribution in [0, 0.1) is 6.92 Å². The monoisotopic (exact) mass is 537 g/mol. The molecule has 0 aliphatic rings. The molecule has 0 fully saturated rings. The van der Waals surface area contributed by atoms with E-state index in [4.69, 9.17) is 23.7 Å². The average molecular weight is 538 g/mol. The van der Waals surface area contributed by atoms with E-state index in [2.05, 4.69) is 79.3 Å². The van der Waals surface area contributed by atoms with E-state index in [1.807, 2.05) is 6.07 Å². The van der Waals surface area contributed by atoms with Gasteiger partial charge >= 0.3 is 0 Å². The molecule has 0 saturated carbocycles. The molecule has 1 aromatic rings. The maximum Gasteiger partial charge on any atom is 0.142 e. The molecule has 0 heterocycles. The van der Waals surface area contributed by atoms with Crippen molar-refractivity contribution in [1.29, 1.82) is 0 Å². The highest BCUT2D eigenvalue weighted by Crippen LogP contribution is 2.30. The molecule has 0 radical (unpaired) electrons. The smallest absolute Gasteiger partial charge is 0.142 e. The van der Waals surface area contributed by atoms with Crippen molar-refractivity contribution in [2.45, 2.75) is 124 Å². The van der Waals surface area contributed by atoms with Gasteiger partial charge in [-0.1, -0.05) is 33.8 Å². The third kappa shape index (κ3) is 12.7.